The maximum atomic E-state index is 12.0. The highest BCUT2D eigenvalue weighted by molar-refractivity contribution is 9.10. The minimum atomic E-state index is -0.849. The highest BCUT2D eigenvalue weighted by atomic mass is 79.9. The molecule has 1 aromatic rings. The summed E-state index contributed by atoms with van der Waals surface area (Å²) in [5, 5.41) is 11.8. The van der Waals surface area contributed by atoms with Crippen LogP contribution in [0, 0.1) is 5.92 Å². The Labute approximate surface area is 113 Å². The van der Waals surface area contributed by atoms with E-state index in [1.54, 1.807) is 12.1 Å². The fraction of sp³-hybridized carbons (Fsp3) is 0.417. The average molecular weight is 313 g/mol. The lowest BCUT2D eigenvalue weighted by molar-refractivity contribution is -0.142. The van der Waals surface area contributed by atoms with Crippen molar-refractivity contribution >= 4 is 27.8 Å². The van der Waals surface area contributed by atoms with Crippen LogP contribution in [0.3, 0.4) is 0 Å². The van der Waals surface area contributed by atoms with Gasteiger partial charge in [-0.3, -0.25) is 9.59 Å². The van der Waals surface area contributed by atoms with Crippen LogP contribution in [0.25, 0.3) is 0 Å². The third-order valence-corrected chi connectivity index (χ3v) is 3.76. The van der Waals surface area contributed by atoms with Crippen LogP contribution in [0.1, 0.15) is 29.8 Å². The average Bonchev–Trinajstić information content (AvgIpc) is 2.77. The molecule has 18 heavy (non-hydrogen) atoms. The second kappa shape index (κ2) is 5.48. The van der Waals surface area contributed by atoms with Crippen molar-refractivity contribution in [1.82, 2.24) is 10.3 Å². The molecule has 0 bridgehead atoms. The molecular formula is C12H13BrN2O3. The van der Waals surface area contributed by atoms with E-state index in [4.69, 9.17) is 5.11 Å². The summed E-state index contributed by atoms with van der Waals surface area (Å²) in [5.41, 5.74) is 0.286. The first-order valence-corrected chi connectivity index (χ1v) is 6.53. The van der Waals surface area contributed by atoms with E-state index in [0.717, 1.165) is 6.42 Å². The molecule has 2 N–H and O–H groups in total. The number of nitrogens with zero attached hydrogens (tertiary/aromatic N) is 1. The van der Waals surface area contributed by atoms with Crippen LogP contribution in [-0.2, 0) is 4.79 Å². The number of aliphatic carboxylic acids is 1. The predicted octanol–water partition coefficient (Wildman–Crippen LogP) is 1.83. The van der Waals surface area contributed by atoms with Crippen molar-refractivity contribution in [3.8, 4) is 0 Å². The zero-order valence-corrected chi connectivity index (χ0v) is 11.2. The van der Waals surface area contributed by atoms with Gasteiger partial charge in [0.25, 0.3) is 5.91 Å². The molecule has 0 aromatic carbocycles. The summed E-state index contributed by atoms with van der Waals surface area (Å²) >= 11 is 3.25. The van der Waals surface area contributed by atoms with Gasteiger partial charge in [-0.25, -0.2) is 4.98 Å². The number of carboxylic acid groups (broad SMARTS) is 1. The topological polar surface area (TPSA) is 79.3 Å². The van der Waals surface area contributed by atoms with Crippen molar-refractivity contribution in [3.63, 3.8) is 0 Å². The Morgan fingerprint density at radius 3 is 2.89 bits per heavy atom. The predicted molar refractivity (Wildman–Crippen MR) is 68.2 cm³/mol. The lowest BCUT2D eigenvalue weighted by Crippen LogP contribution is -2.40. The first kappa shape index (κ1) is 13.0. The first-order chi connectivity index (χ1) is 8.59. The summed E-state index contributed by atoms with van der Waals surface area (Å²) in [6, 6.07) is 3.14. The zero-order chi connectivity index (χ0) is 13.1. The molecule has 2 atom stereocenters. The summed E-state index contributed by atoms with van der Waals surface area (Å²) in [5.74, 6) is -1.67. The van der Waals surface area contributed by atoms with Gasteiger partial charge in [-0.2, -0.15) is 0 Å². The molecule has 2 rings (SSSR count). The summed E-state index contributed by atoms with van der Waals surface area (Å²) in [7, 11) is 0. The van der Waals surface area contributed by atoms with Crippen LogP contribution >= 0.6 is 15.9 Å². The lowest BCUT2D eigenvalue weighted by Gasteiger charge is -2.17. The number of aromatic nitrogens is 1. The van der Waals surface area contributed by atoms with E-state index in [1.165, 1.54) is 6.20 Å². The van der Waals surface area contributed by atoms with Crippen LogP contribution in [0.2, 0.25) is 0 Å². The molecule has 1 amide bonds. The highest BCUT2D eigenvalue weighted by Gasteiger charge is 2.34. The zero-order valence-electron chi connectivity index (χ0n) is 9.60. The lowest BCUT2D eigenvalue weighted by atomic mass is 10.0. The minimum Gasteiger partial charge on any atom is -0.481 e. The van der Waals surface area contributed by atoms with E-state index in [9.17, 15) is 9.59 Å². The quantitative estimate of drug-likeness (QED) is 0.892. The Hall–Kier alpha value is -1.43. The molecule has 1 saturated carbocycles. The number of hydrogen-bond donors (Lipinski definition) is 2. The Bertz CT molecular complexity index is 478. The SMILES string of the molecule is O=C(NC1CCCC1C(=O)O)c1ncccc1Br. The number of hydrogen-bond acceptors (Lipinski definition) is 3. The first-order valence-electron chi connectivity index (χ1n) is 5.74. The molecule has 0 saturated heterocycles. The largest absolute Gasteiger partial charge is 0.481 e. The van der Waals surface area contributed by atoms with Crippen molar-refractivity contribution in [2.24, 2.45) is 5.92 Å². The number of rotatable bonds is 3. The van der Waals surface area contributed by atoms with Crippen LogP contribution in [-0.4, -0.2) is 28.0 Å². The van der Waals surface area contributed by atoms with Gasteiger partial charge in [-0.05, 0) is 40.9 Å². The third kappa shape index (κ3) is 2.69. The maximum absolute atomic E-state index is 12.0. The van der Waals surface area contributed by atoms with Gasteiger partial charge in [0.2, 0.25) is 0 Å². The van der Waals surface area contributed by atoms with Crippen LogP contribution in [0.4, 0.5) is 0 Å². The van der Waals surface area contributed by atoms with E-state index in [2.05, 4.69) is 26.2 Å². The Balaban J connectivity index is 2.08. The number of amides is 1. The van der Waals surface area contributed by atoms with E-state index < -0.39 is 11.9 Å². The molecule has 6 heteroatoms. The van der Waals surface area contributed by atoms with Crippen molar-refractivity contribution in [2.75, 3.05) is 0 Å². The van der Waals surface area contributed by atoms with Gasteiger partial charge in [0.15, 0.2) is 0 Å². The monoisotopic (exact) mass is 312 g/mol. The molecule has 2 unspecified atom stereocenters. The van der Waals surface area contributed by atoms with Crippen molar-refractivity contribution in [2.45, 2.75) is 25.3 Å². The normalized spacial score (nSPS) is 22.7. The van der Waals surface area contributed by atoms with Crippen LogP contribution in [0.15, 0.2) is 22.8 Å². The number of pyridine rings is 1. The Kier molecular flexibility index (Phi) is 3.96. The van der Waals surface area contributed by atoms with Crippen molar-refractivity contribution < 1.29 is 14.7 Å². The van der Waals surface area contributed by atoms with E-state index >= 15 is 0 Å². The second-order valence-electron chi connectivity index (χ2n) is 4.29. The molecule has 1 aliphatic carbocycles. The minimum absolute atomic E-state index is 0.286. The summed E-state index contributed by atoms with van der Waals surface area (Å²) in [6.45, 7) is 0. The smallest absolute Gasteiger partial charge is 0.308 e. The number of carboxylic acids is 1. The highest BCUT2D eigenvalue weighted by Crippen LogP contribution is 2.26. The molecule has 1 aliphatic rings. The molecule has 0 radical (unpaired) electrons. The Morgan fingerprint density at radius 1 is 1.44 bits per heavy atom. The van der Waals surface area contributed by atoms with Crippen molar-refractivity contribution in [3.05, 3.63) is 28.5 Å². The standard InChI is InChI=1S/C12H13BrN2O3/c13-8-4-2-6-14-10(8)11(16)15-9-5-1-3-7(9)12(17)18/h2,4,6-7,9H,1,3,5H2,(H,15,16)(H,17,18). The van der Waals surface area contributed by atoms with Gasteiger partial charge in [-0.15, -0.1) is 0 Å². The van der Waals surface area contributed by atoms with Gasteiger partial charge in [0.05, 0.1) is 5.92 Å². The Morgan fingerprint density at radius 2 is 2.22 bits per heavy atom. The number of carbonyl (C=O) groups excluding carboxylic acids is 1. The summed E-state index contributed by atoms with van der Waals surface area (Å²) < 4.78 is 0.604. The molecule has 0 spiro atoms. The van der Waals surface area contributed by atoms with E-state index in [1.807, 2.05) is 0 Å². The molecule has 5 nitrogen and oxygen atoms in total. The fourth-order valence-electron chi connectivity index (χ4n) is 2.22. The van der Waals surface area contributed by atoms with Gasteiger partial charge >= 0.3 is 5.97 Å². The number of nitrogens with one attached hydrogen (secondary N) is 1. The van der Waals surface area contributed by atoms with Crippen LogP contribution in [0.5, 0.6) is 0 Å². The maximum Gasteiger partial charge on any atom is 0.308 e. The molecule has 1 fully saturated rings. The molecule has 1 aromatic heterocycles. The van der Waals surface area contributed by atoms with E-state index in [0.29, 0.717) is 17.3 Å². The van der Waals surface area contributed by atoms with Gasteiger partial charge in [0.1, 0.15) is 5.69 Å². The number of carbonyl (C=O) groups is 2. The van der Waals surface area contributed by atoms with E-state index in [-0.39, 0.29) is 17.6 Å². The number of halogens is 1. The van der Waals surface area contributed by atoms with Gasteiger partial charge in [0, 0.05) is 16.7 Å². The molecular weight excluding hydrogens is 300 g/mol. The molecule has 1 heterocycles. The summed E-state index contributed by atoms with van der Waals surface area (Å²) in [6.07, 6.45) is 3.67. The van der Waals surface area contributed by atoms with Gasteiger partial charge in [-0.1, -0.05) is 6.42 Å². The molecule has 0 aliphatic heterocycles. The molecule has 96 valence electrons. The van der Waals surface area contributed by atoms with Crippen molar-refractivity contribution in [1.29, 1.82) is 0 Å². The second-order valence-corrected chi connectivity index (χ2v) is 5.14. The third-order valence-electron chi connectivity index (χ3n) is 3.12. The fourth-order valence-corrected chi connectivity index (χ4v) is 2.65. The van der Waals surface area contributed by atoms with Gasteiger partial charge < -0.3 is 10.4 Å². The van der Waals surface area contributed by atoms with Crippen LogP contribution < -0.4 is 5.32 Å². The summed E-state index contributed by atoms with van der Waals surface area (Å²) in [4.78, 5) is 27.0.